The Kier molecular flexibility index (Phi) is 31.5. The van der Waals surface area contributed by atoms with E-state index in [-0.39, 0.29) is 0 Å². The molecule has 0 spiro atoms. The van der Waals surface area contributed by atoms with Crippen molar-refractivity contribution in [3.05, 3.63) is 0 Å². The Bertz CT molecular complexity index is 2870. The maximum absolute atomic E-state index is 13.2. The number of rotatable bonds is 29. The number of nitrogens with one attached hydrogen (secondary N) is 4. The van der Waals surface area contributed by atoms with Crippen LogP contribution in [-0.2, 0) is 95.0 Å². The van der Waals surface area contributed by atoms with E-state index in [1.807, 2.05) is 0 Å². The molecule has 8 heterocycles. The molecule has 8 aliphatic rings. The van der Waals surface area contributed by atoms with E-state index in [1.54, 1.807) is 0 Å². The molecule has 8 aliphatic heterocycles. The lowest BCUT2D eigenvalue weighted by Crippen LogP contribution is -2.71. The minimum absolute atomic E-state index is 0.766. The standard InChI is InChI=1S/C59H98N4O44/c1-14(71)60-27-18(75)5-59(58(91)92,106-47(27)31(77)19(76)6-64)107-49-34(80)22(9-67)96-56(43(49)89)103-46-25(12-70)99-53(30(38(46)84)63-17(4)74)105-50-40(86)33(79)21(8-66)97-57(50)93-13-26-35(81)48(104-54-41(87)39(85)32(78)20(7-65)95-54)42(88)55(100-26)102-45-24(11-69)98-52(29(37(45)83)62-16(3)73)101-44-23(10-68)94-51(90)28(36(44)82)61-15(2)72/h18-57,64-70,75-90H,5-13H2,1-4H3,(H,60,71)(H,61,72)(H,62,73)(H,63,74)(H,91,92)/t18-,19+,20+,21+,22+,23+,24+,25+,26+,27+,28+,29+,30+,31+,32+,33+,34-,35+,36+,37+,38+,39-,40-,41-,42-,43+,44+,45+,46+,47+,48-,49-,50-,51+,52-,53-,54-,55-,56-,57-,59-/m0/s1. The van der Waals surface area contributed by atoms with Gasteiger partial charge in [-0.3, -0.25) is 19.2 Å². The maximum Gasteiger partial charge on any atom is 0.364 e. The van der Waals surface area contributed by atoms with E-state index in [0.29, 0.717) is 0 Å². The third-order valence-electron chi connectivity index (χ3n) is 19.2. The van der Waals surface area contributed by atoms with E-state index in [9.17, 15) is 147 Å². The van der Waals surface area contributed by atoms with Gasteiger partial charge in [0.15, 0.2) is 44.0 Å². The molecular formula is C59H98N4O44. The predicted octanol–water partition coefficient (Wildman–Crippen LogP) is -18.7. The quantitative estimate of drug-likeness (QED) is 0.0331. The third kappa shape index (κ3) is 19.6. The van der Waals surface area contributed by atoms with Crippen molar-refractivity contribution in [3.63, 3.8) is 0 Å². The average Bonchev–Trinajstić information content (AvgIpc) is 0.759. The van der Waals surface area contributed by atoms with Crippen LogP contribution in [0.15, 0.2) is 0 Å². The molecule has 8 saturated heterocycles. The van der Waals surface area contributed by atoms with Crippen LogP contribution < -0.4 is 21.3 Å². The molecule has 48 heteroatoms. The van der Waals surface area contributed by atoms with Gasteiger partial charge in [-0.2, -0.15) is 0 Å². The highest BCUT2D eigenvalue weighted by molar-refractivity contribution is 5.77. The van der Waals surface area contributed by atoms with Crippen molar-refractivity contribution in [2.24, 2.45) is 0 Å². The van der Waals surface area contributed by atoms with Gasteiger partial charge in [0.25, 0.3) is 5.79 Å². The number of carboxylic acids is 1. The maximum atomic E-state index is 13.2. The van der Waals surface area contributed by atoms with Crippen molar-refractivity contribution in [3.8, 4) is 0 Å². The van der Waals surface area contributed by atoms with Gasteiger partial charge in [0.05, 0.1) is 65.0 Å². The summed E-state index contributed by atoms with van der Waals surface area (Å²) in [5.41, 5.74) is 0. The van der Waals surface area contributed by atoms with Crippen LogP contribution in [0.5, 0.6) is 0 Å². The van der Waals surface area contributed by atoms with Crippen molar-refractivity contribution >= 4 is 29.6 Å². The largest absolute Gasteiger partial charge is 0.477 e. The first-order valence-corrected chi connectivity index (χ1v) is 33.7. The van der Waals surface area contributed by atoms with Crippen LogP contribution in [0, 0.1) is 0 Å². The number of hydrogen-bond donors (Lipinski definition) is 28. The van der Waals surface area contributed by atoms with Gasteiger partial charge >= 0.3 is 5.97 Å². The number of ether oxygens (including phenoxy) is 15. The van der Waals surface area contributed by atoms with E-state index in [4.69, 9.17) is 71.1 Å². The van der Waals surface area contributed by atoms with E-state index in [0.717, 1.165) is 27.7 Å². The highest BCUT2D eigenvalue weighted by Gasteiger charge is 2.63. The van der Waals surface area contributed by atoms with Crippen LogP contribution in [0.3, 0.4) is 0 Å². The zero-order valence-corrected chi connectivity index (χ0v) is 57.4. The van der Waals surface area contributed by atoms with Crippen LogP contribution >= 0.6 is 0 Å². The minimum Gasteiger partial charge on any atom is -0.477 e. The lowest BCUT2D eigenvalue weighted by molar-refractivity contribution is -0.392. The highest BCUT2D eigenvalue weighted by atomic mass is 16.8. The second-order valence-electron chi connectivity index (χ2n) is 26.8. The van der Waals surface area contributed by atoms with Gasteiger partial charge in [0.2, 0.25) is 23.6 Å². The van der Waals surface area contributed by atoms with Gasteiger partial charge in [-0.1, -0.05) is 0 Å². The summed E-state index contributed by atoms with van der Waals surface area (Å²) < 4.78 is 87.6. The van der Waals surface area contributed by atoms with Gasteiger partial charge < -0.3 is 215 Å². The molecule has 0 bridgehead atoms. The molecule has 4 amide bonds. The lowest BCUT2D eigenvalue weighted by Gasteiger charge is -2.51. The van der Waals surface area contributed by atoms with Crippen LogP contribution in [0.25, 0.3) is 0 Å². The Labute approximate surface area is 605 Å². The van der Waals surface area contributed by atoms with Crippen LogP contribution in [0.4, 0.5) is 0 Å². The van der Waals surface area contributed by atoms with Gasteiger partial charge in [0.1, 0.15) is 189 Å². The molecule has 41 atom stereocenters. The summed E-state index contributed by atoms with van der Waals surface area (Å²) in [6.07, 6.45) is -77.4. The Balaban J connectivity index is 1.06. The van der Waals surface area contributed by atoms with E-state index in [1.165, 1.54) is 0 Å². The summed E-state index contributed by atoms with van der Waals surface area (Å²) in [6, 6.07) is -7.20. The molecule has 0 radical (unpaired) electrons. The Morgan fingerprint density at radius 2 is 0.748 bits per heavy atom. The van der Waals surface area contributed by atoms with Crippen molar-refractivity contribution in [1.29, 1.82) is 0 Å². The summed E-state index contributed by atoms with van der Waals surface area (Å²) >= 11 is 0. The number of aliphatic hydroxyl groups excluding tert-OH is 23. The monoisotopic (exact) mass is 1570 g/mol. The molecule has 8 rings (SSSR count). The summed E-state index contributed by atoms with van der Waals surface area (Å²) in [5, 5.41) is 274. The molecule has 0 aromatic carbocycles. The number of hydrogen-bond acceptors (Lipinski definition) is 43. The molecule has 0 unspecified atom stereocenters. The first kappa shape index (κ1) is 88.4. The first-order chi connectivity index (χ1) is 50.4. The first-order valence-electron chi connectivity index (χ1n) is 33.7. The Morgan fingerprint density at radius 1 is 0.383 bits per heavy atom. The normalized spacial score (nSPS) is 46.9. The molecule has 0 aromatic rings. The SMILES string of the molecule is CC(=O)N[C@@H]1[C@@H](O)[C@H](O[C@@H]2O[C@H](CO)[C@@H](O[C@@H]3O[C@H](CO[C@H]4O[C@H](CO)[C@@H](O)[C@H](O)[C@@H]4O[C@@H]4O[C@H](CO)[C@@H](O[C@@H]5O[C@H](CO)[C@H](O)[C@H](O[C@]6(C(=O)O)C[C@H](O)[C@@H](NC(C)=O)[C@H]([C@H](O)[C@H](O)CO)O6)[C@H]5O)[C@H](O)[C@H]4NC(C)=O)[C@@H](O)[C@H](O[C@@H]4O[C@H](CO)[C@@H](O)[C@H](O)[C@@H]4O)[C@@H]3O)[C@H](O)[C@H]2NC(C)=O)[C@@H](CO)O[C@H]1O. The minimum atomic E-state index is -3.27. The molecule has 618 valence electrons. The summed E-state index contributed by atoms with van der Waals surface area (Å²) in [7, 11) is 0. The Morgan fingerprint density at radius 3 is 1.21 bits per heavy atom. The van der Waals surface area contributed by atoms with Gasteiger partial charge in [0, 0.05) is 34.1 Å². The average molecular weight is 1570 g/mol. The molecule has 0 aromatic heterocycles. The lowest BCUT2D eigenvalue weighted by atomic mass is 9.88. The van der Waals surface area contributed by atoms with Gasteiger partial charge in [-0.25, -0.2) is 4.79 Å². The van der Waals surface area contributed by atoms with E-state index in [2.05, 4.69) is 21.3 Å². The zero-order valence-electron chi connectivity index (χ0n) is 57.4. The van der Waals surface area contributed by atoms with Crippen LogP contribution in [0.1, 0.15) is 34.1 Å². The fourth-order valence-electron chi connectivity index (χ4n) is 13.7. The number of amides is 4. The van der Waals surface area contributed by atoms with Crippen molar-refractivity contribution < 1.29 is 218 Å². The fourth-order valence-corrected chi connectivity index (χ4v) is 13.7. The van der Waals surface area contributed by atoms with Crippen molar-refractivity contribution in [2.75, 3.05) is 52.9 Å². The van der Waals surface area contributed by atoms with Crippen LogP contribution in [-0.4, -0.2) is 456 Å². The molecule has 28 N–H and O–H groups in total. The predicted molar refractivity (Wildman–Crippen MR) is 328 cm³/mol. The second-order valence-corrected chi connectivity index (χ2v) is 26.8. The molecule has 107 heavy (non-hydrogen) atoms. The van der Waals surface area contributed by atoms with Crippen molar-refractivity contribution in [2.45, 2.75) is 285 Å². The smallest absolute Gasteiger partial charge is 0.364 e. The van der Waals surface area contributed by atoms with Gasteiger partial charge in [-0.15, -0.1) is 0 Å². The van der Waals surface area contributed by atoms with E-state index >= 15 is 0 Å². The number of aliphatic carboxylic acids is 1. The van der Waals surface area contributed by atoms with Crippen molar-refractivity contribution in [1.82, 2.24) is 21.3 Å². The number of carboxylic acid groups (broad SMARTS) is 1. The molecule has 0 aliphatic carbocycles. The third-order valence-corrected chi connectivity index (χ3v) is 19.2. The number of aliphatic hydroxyl groups is 23. The second kappa shape index (κ2) is 38.1. The molecule has 48 nitrogen and oxygen atoms in total. The Hall–Kier alpha value is -4.17. The fraction of sp³-hybridized carbons (Fsp3) is 0.915. The topological polar surface area (TPSA) is 757 Å². The molecule has 8 fully saturated rings. The zero-order chi connectivity index (χ0) is 79.3. The summed E-state index contributed by atoms with van der Waals surface area (Å²) in [5.74, 6) is -8.93. The molecule has 0 saturated carbocycles. The number of carbonyl (C=O) groups is 5. The molecular weight excluding hydrogens is 1470 g/mol. The van der Waals surface area contributed by atoms with Gasteiger partial charge in [-0.05, 0) is 0 Å². The van der Waals surface area contributed by atoms with E-state index < -0.39 is 340 Å². The summed E-state index contributed by atoms with van der Waals surface area (Å²) in [4.78, 5) is 63.2. The highest BCUT2D eigenvalue weighted by Crippen LogP contribution is 2.41. The van der Waals surface area contributed by atoms with Crippen LogP contribution in [0.2, 0.25) is 0 Å². The summed E-state index contributed by atoms with van der Waals surface area (Å²) in [6.45, 7) is -5.14. The number of carbonyl (C=O) groups excluding carboxylic acids is 4.